The molecule has 0 aliphatic carbocycles. The van der Waals surface area contributed by atoms with E-state index < -0.39 is 0 Å². The van der Waals surface area contributed by atoms with Crippen LogP contribution in [-0.4, -0.2) is 12.1 Å². The second-order valence-corrected chi connectivity index (χ2v) is 4.63. The second kappa shape index (κ2) is 5.27. The van der Waals surface area contributed by atoms with Gasteiger partial charge in [-0.2, -0.15) is 0 Å². The average Bonchev–Trinajstić information content (AvgIpc) is 2.36. The zero-order chi connectivity index (χ0) is 13.1. The Hall–Kier alpha value is -1.75. The van der Waals surface area contributed by atoms with Crippen molar-refractivity contribution in [1.82, 2.24) is 4.98 Å². The van der Waals surface area contributed by atoms with Crippen molar-refractivity contribution in [3.8, 4) is 17.4 Å². The van der Waals surface area contributed by atoms with Crippen LogP contribution in [0.25, 0.3) is 0 Å². The summed E-state index contributed by atoms with van der Waals surface area (Å²) >= 11 is 3.39. The van der Waals surface area contributed by atoms with Gasteiger partial charge in [-0.05, 0) is 40.5 Å². The Morgan fingerprint density at radius 3 is 2.67 bits per heavy atom. The topological polar surface area (TPSA) is 57.4 Å². The van der Waals surface area contributed by atoms with Crippen molar-refractivity contribution in [2.75, 3.05) is 12.8 Å². The summed E-state index contributed by atoms with van der Waals surface area (Å²) in [4.78, 5) is 4.16. The van der Waals surface area contributed by atoms with Crippen LogP contribution in [0.5, 0.6) is 17.4 Å². The number of rotatable bonds is 3. The molecule has 2 rings (SSSR count). The zero-order valence-corrected chi connectivity index (χ0v) is 11.7. The molecule has 1 aromatic carbocycles. The minimum absolute atomic E-state index is 0.507. The van der Waals surface area contributed by atoms with Crippen LogP contribution in [0.2, 0.25) is 0 Å². The number of ether oxygens (including phenoxy) is 2. The monoisotopic (exact) mass is 308 g/mol. The highest BCUT2D eigenvalue weighted by molar-refractivity contribution is 9.10. The van der Waals surface area contributed by atoms with Crippen LogP contribution >= 0.6 is 15.9 Å². The molecule has 0 saturated heterocycles. The number of nitrogens with zero attached hydrogens (tertiary/aromatic N) is 1. The lowest BCUT2D eigenvalue weighted by Crippen LogP contribution is -1.95. The largest absolute Gasteiger partial charge is 0.497 e. The Bertz CT molecular complexity index is 573. The van der Waals surface area contributed by atoms with E-state index in [2.05, 4.69) is 20.9 Å². The Morgan fingerprint density at radius 1 is 1.28 bits per heavy atom. The third kappa shape index (κ3) is 2.73. The third-order valence-corrected chi connectivity index (χ3v) is 3.28. The van der Waals surface area contributed by atoms with Gasteiger partial charge in [0.25, 0.3) is 0 Å². The number of benzene rings is 1. The van der Waals surface area contributed by atoms with E-state index in [1.807, 2.05) is 13.0 Å². The second-order valence-electron chi connectivity index (χ2n) is 3.78. The molecule has 94 valence electrons. The molecule has 0 fully saturated rings. The lowest BCUT2D eigenvalue weighted by Gasteiger charge is -2.09. The van der Waals surface area contributed by atoms with E-state index >= 15 is 0 Å². The number of pyridine rings is 1. The van der Waals surface area contributed by atoms with Crippen molar-refractivity contribution in [3.05, 3.63) is 40.5 Å². The first-order chi connectivity index (χ1) is 8.60. The maximum Gasteiger partial charge on any atom is 0.219 e. The van der Waals surface area contributed by atoms with E-state index in [1.165, 1.54) is 0 Å². The molecule has 2 aromatic rings. The van der Waals surface area contributed by atoms with Gasteiger partial charge >= 0.3 is 0 Å². The minimum Gasteiger partial charge on any atom is -0.497 e. The van der Waals surface area contributed by atoms with Crippen LogP contribution in [0.1, 0.15) is 5.56 Å². The van der Waals surface area contributed by atoms with Crippen molar-refractivity contribution in [2.24, 2.45) is 0 Å². The summed E-state index contributed by atoms with van der Waals surface area (Å²) < 4.78 is 11.7. The lowest BCUT2D eigenvalue weighted by atomic mass is 10.3. The highest BCUT2D eigenvalue weighted by Gasteiger charge is 2.06. The number of aromatic nitrogens is 1. The van der Waals surface area contributed by atoms with Crippen LogP contribution in [0.15, 0.2) is 34.9 Å². The molecule has 0 saturated carbocycles. The molecule has 0 unspecified atom stereocenters. The summed E-state index contributed by atoms with van der Waals surface area (Å²) in [5.74, 6) is 1.76. The van der Waals surface area contributed by atoms with Gasteiger partial charge in [0, 0.05) is 22.8 Å². The molecule has 0 bridgehead atoms. The molecule has 4 nitrogen and oxygen atoms in total. The van der Waals surface area contributed by atoms with Crippen molar-refractivity contribution in [2.45, 2.75) is 6.92 Å². The van der Waals surface area contributed by atoms with Crippen molar-refractivity contribution >= 4 is 21.6 Å². The van der Waals surface area contributed by atoms with E-state index in [-0.39, 0.29) is 0 Å². The average molecular weight is 309 g/mol. The Morgan fingerprint density at radius 2 is 2.06 bits per heavy atom. The zero-order valence-electron chi connectivity index (χ0n) is 10.1. The van der Waals surface area contributed by atoms with Crippen LogP contribution in [0.4, 0.5) is 5.69 Å². The number of nitrogen functional groups attached to an aromatic ring is 1. The first-order valence-corrected chi connectivity index (χ1v) is 6.13. The maximum absolute atomic E-state index is 5.87. The normalized spacial score (nSPS) is 10.2. The van der Waals surface area contributed by atoms with Crippen LogP contribution in [0, 0.1) is 6.92 Å². The molecule has 0 radical (unpaired) electrons. The molecule has 0 aliphatic heterocycles. The molecule has 0 aliphatic rings. The highest BCUT2D eigenvalue weighted by Crippen LogP contribution is 2.30. The van der Waals surface area contributed by atoms with Crippen LogP contribution in [-0.2, 0) is 0 Å². The molecule has 0 spiro atoms. The Balaban J connectivity index is 2.25. The molecule has 2 N–H and O–H groups in total. The third-order valence-electron chi connectivity index (χ3n) is 2.45. The van der Waals surface area contributed by atoms with Gasteiger partial charge in [-0.3, -0.25) is 0 Å². The Kier molecular flexibility index (Phi) is 3.72. The van der Waals surface area contributed by atoms with Crippen molar-refractivity contribution < 1.29 is 9.47 Å². The molecule has 1 heterocycles. The number of hydrogen-bond donors (Lipinski definition) is 1. The van der Waals surface area contributed by atoms with Gasteiger partial charge in [0.05, 0.1) is 12.8 Å². The van der Waals surface area contributed by atoms with E-state index in [0.717, 1.165) is 10.0 Å². The predicted octanol–water partition coefficient (Wildman–Crippen LogP) is 3.54. The smallest absolute Gasteiger partial charge is 0.219 e. The SMILES string of the molecule is COc1ccc(Oc2cc(C)c(Br)cn2)c(N)c1. The first kappa shape index (κ1) is 12.7. The van der Waals surface area contributed by atoms with Crippen LogP contribution in [0.3, 0.4) is 0 Å². The predicted molar refractivity (Wildman–Crippen MR) is 74.2 cm³/mol. The van der Waals surface area contributed by atoms with E-state index in [0.29, 0.717) is 23.1 Å². The van der Waals surface area contributed by atoms with E-state index in [9.17, 15) is 0 Å². The van der Waals surface area contributed by atoms with Crippen molar-refractivity contribution in [1.29, 1.82) is 0 Å². The van der Waals surface area contributed by atoms with Gasteiger partial charge in [-0.1, -0.05) is 0 Å². The van der Waals surface area contributed by atoms with E-state index in [4.69, 9.17) is 15.2 Å². The number of aryl methyl sites for hydroxylation is 1. The van der Waals surface area contributed by atoms with Gasteiger partial charge in [-0.25, -0.2) is 4.98 Å². The van der Waals surface area contributed by atoms with Crippen molar-refractivity contribution in [3.63, 3.8) is 0 Å². The van der Waals surface area contributed by atoms with Gasteiger partial charge < -0.3 is 15.2 Å². The van der Waals surface area contributed by atoms with Crippen LogP contribution < -0.4 is 15.2 Å². The minimum atomic E-state index is 0.507. The molecular weight excluding hydrogens is 296 g/mol. The first-order valence-electron chi connectivity index (χ1n) is 5.33. The summed E-state index contributed by atoms with van der Waals surface area (Å²) in [6, 6.07) is 7.10. The quantitative estimate of drug-likeness (QED) is 0.881. The number of hydrogen-bond acceptors (Lipinski definition) is 4. The molecule has 0 atom stereocenters. The molecular formula is C13H13BrN2O2. The number of nitrogens with two attached hydrogens (primary N) is 1. The fraction of sp³-hybridized carbons (Fsp3) is 0.154. The Labute approximate surface area is 114 Å². The summed E-state index contributed by atoms with van der Waals surface area (Å²) in [7, 11) is 1.59. The number of anilines is 1. The fourth-order valence-electron chi connectivity index (χ4n) is 1.43. The number of halogens is 1. The highest BCUT2D eigenvalue weighted by atomic mass is 79.9. The van der Waals surface area contributed by atoms with Gasteiger partial charge in [0.2, 0.25) is 5.88 Å². The van der Waals surface area contributed by atoms with E-state index in [1.54, 1.807) is 31.5 Å². The molecule has 5 heteroatoms. The summed E-state index contributed by atoms with van der Waals surface area (Å²) in [5.41, 5.74) is 7.43. The standard InChI is InChI=1S/C13H13BrN2O2/c1-8-5-13(16-7-10(8)14)18-12-4-3-9(17-2)6-11(12)15/h3-7H,15H2,1-2H3. The van der Waals surface area contributed by atoms with Gasteiger partial charge in [-0.15, -0.1) is 0 Å². The molecule has 18 heavy (non-hydrogen) atoms. The lowest BCUT2D eigenvalue weighted by molar-refractivity contribution is 0.412. The molecule has 0 amide bonds. The van der Waals surface area contributed by atoms with Gasteiger partial charge in [0.1, 0.15) is 5.75 Å². The maximum atomic E-state index is 5.87. The summed E-state index contributed by atoms with van der Waals surface area (Å²) in [5, 5.41) is 0. The molecule has 1 aromatic heterocycles. The number of methoxy groups -OCH3 is 1. The fourth-order valence-corrected chi connectivity index (χ4v) is 1.65. The summed E-state index contributed by atoms with van der Waals surface area (Å²) in [6.07, 6.45) is 1.70. The summed E-state index contributed by atoms with van der Waals surface area (Å²) in [6.45, 7) is 1.97. The van der Waals surface area contributed by atoms with Gasteiger partial charge in [0.15, 0.2) is 5.75 Å².